The Balaban J connectivity index is 2.68. The van der Waals surface area contributed by atoms with Crippen molar-refractivity contribution in [3.05, 3.63) is 28.2 Å². The first-order chi connectivity index (χ1) is 6.99. The molecular formula is C10H12Cl2N2S. The minimum absolute atomic E-state index is 0.288. The molecule has 5 heteroatoms. The fourth-order valence-corrected chi connectivity index (χ4v) is 1.81. The topological polar surface area (TPSA) is 24.1 Å². The molecule has 0 saturated heterocycles. The van der Waals surface area contributed by atoms with Crippen LogP contribution in [-0.2, 0) is 0 Å². The fraction of sp³-hybridized carbons (Fsp3) is 0.300. The molecule has 0 aliphatic carbocycles. The van der Waals surface area contributed by atoms with E-state index in [1.807, 2.05) is 13.8 Å². The molecule has 0 aromatic heterocycles. The second kappa shape index (κ2) is 5.54. The standard InChI is InChI=1S/C10H12Cl2N2S/c1-6(2)13-10(15)14-9-4-3-7(11)5-8(9)12/h3-6H,1-2H3,(H2,13,14,15). The van der Waals surface area contributed by atoms with Gasteiger partial charge in [-0.2, -0.15) is 0 Å². The molecule has 0 amide bonds. The van der Waals surface area contributed by atoms with E-state index in [1.54, 1.807) is 18.2 Å². The molecule has 82 valence electrons. The number of hydrogen-bond acceptors (Lipinski definition) is 1. The molecule has 0 heterocycles. The minimum Gasteiger partial charge on any atom is -0.360 e. The summed E-state index contributed by atoms with van der Waals surface area (Å²) in [6.45, 7) is 4.02. The maximum Gasteiger partial charge on any atom is 0.171 e. The monoisotopic (exact) mass is 262 g/mol. The molecule has 0 unspecified atom stereocenters. The quantitative estimate of drug-likeness (QED) is 0.796. The zero-order valence-corrected chi connectivity index (χ0v) is 10.8. The summed E-state index contributed by atoms with van der Waals surface area (Å²) in [5, 5.41) is 7.77. The van der Waals surface area contributed by atoms with E-state index in [0.29, 0.717) is 15.2 Å². The number of benzene rings is 1. The molecule has 0 spiro atoms. The van der Waals surface area contributed by atoms with Gasteiger partial charge in [0.25, 0.3) is 0 Å². The summed E-state index contributed by atoms with van der Waals surface area (Å²) in [7, 11) is 0. The first kappa shape index (κ1) is 12.6. The molecule has 0 fully saturated rings. The van der Waals surface area contributed by atoms with Crippen LogP contribution in [-0.4, -0.2) is 11.2 Å². The zero-order chi connectivity index (χ0) is 11.4. The van der Waals surface area contributed by atoms with E-state index in [0.717, 1.165) is 5.69 Å². The third kappa shape index (κ3) is 4.24. The molecule has 2 nitrogen and oxygen atoms in total. The van der Waals surface area contributed by atoms with Crippen LogP contribution in [0.4, 0.5) is 5.69 Å². The lowest BCUT2D eigenvalue weighted by Gasteiger charge is -2.14. The lowest BCUT2D eigenvalue weighted by atomic mass is 10.3. The van der Waals surface area contributed by atoms with Gasteiger partial charge in [0.15, 0.2) is 5.11 Å². The highest BCUT2D eigenvalue weighted by Gasteiger charge is 2.03. The Morgan fingerprint density at radius 2 is 2.00 bits per heavy atom. The lowest BCUT2D eigenvalue weighted by molar-refractivity contribution is 0.739. The number of hydrogen-bond donors (Lipinski definition) is 2. The van der Waals surface area contributed by atoms with Gasteiger partial charge in [-0.25, -0.2) is 0 Å². The van der Waals surface area contributed by atoms with Gasteiger partial charge in [-0.15, -0.1) is 0 Å². The molecule has 1 aromatic carbocycles. The summed E-state index contributed by atoms with van der Waals surface area (Å²) in [4.78, 5) is 0. The highest BCUT2D eigenvalue weighted by atomic mass is 35.5. The van der Waals surface area contributed by atoms with E-state index >= 15 is 0 Å². The van der Waals surface area contributed by atoms with E-state index in [2.05, 4.69) is 10.6 Å². The van der Waals surface area contributed by atoms with Gasteiger partial charge in [-0.1, -0.05) is 23.2 Å². The van der Waals surface area contributed by atoms with Crippen molar-refractivity contribution in [3.63, 3.8) is 0 Å². The number of halogens is 2. The van der Waals surface area contributed by atoms with Crippen LogP contribution in [0.25, 0.3) is 0 Å². The SMILES string of the molecule is CC(C)NC(=S)Nc1ccc(Cl)cc1Cl. The lowest BCUT2D eigenvalue weighted by Crippen LogP contribution is -2.33. The minimum atomic E-state index is 0.288. The van der Waals surface area contributed by atoms with Gasteiger partial charge in [0, 0.05) is 11.1 Å². The first-order valence-corrected chi connectivity index (χ1v) is 5.68. The van der Waals surface area contributed by atoms with Gasteiger partial charge in [0.05, 0.1) is 10.7 Å². The number of rotatable bonds is 2. The van der Waals surface area contributed by atoms with E-state index in [1.165, 1.54) is 0 Å². The number of thiocarbonyl (C=S) groups is 1. The van der Waals surface area contributed by atoms with Crippen LogP contribution in [0.15, 0.2) is 18.2 Å². The molecule has 0 atom stereocenters. The zero-order valence-electron chi connectivity index (χ0n) is 8.47. The van der Waals surface area contributed by atoms with Crippen LogP contribution < -0.4 is 10.6 Å². The molecule has 1 aromatic rings. The Hall–Kier alpha value is -0.510. The molecule has 15 heavy (non-hydrogen) atoms. The molecule has 0 saturated carbocycles. The second-order valence-electron chi connectivity index (χ2n) is 3.38. The molecular weight excluding hydrogens is 251 g/mol. The Bertz CT molecular complexity index is 366. The van der Waals surface area contributed by atoms with E-state index in [4.69, 9.17) is 35.4 Å². The summed E-state index contributed by atoms with van der Waals surface area (Å²) < 4.78 is 0. The highest BCUT2D eigenvalue weighted by molar-refractivity contribution is 7.80. The van der Waals surface area contributed by atoms with E-state index in [-0.39, 0.29) is 6.04 Å². The highest BCUT2D eigenvalue weighted by Crippen LogP contribution is 2.25. The number of anilines is 1. The summed E-state index contributed by atoms with van der Waals surface area (Å²) in [6.07, 6.45) is 0. The normalized spacial score (nSPS) is 10.2. The first-order valence-electron chi connectivity index (χ1n) is 4.51. The Kier molecular flexibility index (Phi) is 4.64. The van der Waals surface area contributed by atoms with Crippen LogP contribution in [0, 0.1) is 0 Å². The van der Waals surface area contributed by atoms with E-state index < -0.39 is 0 Å². The van der Waals surface area contributed by atoms with Gasteiger partial charge in [0.2, 0.25) is 0 Å². The molecule has 1 rings (SSSR count). The van der Waals surface area contributed by atoms with Crippen LogP contribution in [0.2, 0.25) is 10.0 Å². The van der Waals surface area contributed by atoms with Gasteiger partial charge in [0.1, 0.15) is 0 Å². The smallest absolute Gasteiger partial charge is 0.171 e. The molecule has 0 aliphatic heterocycles. The molecule has 2 N–H and O–H groups in total. The van der Waals surface area contributed by atoms with Crippen molar-refractivity contribution in [1.82, 2.24) is 5.32 Å². The van der Waals surface area contributed by atoms with Gasteiger partial charge >= 0.3 is 0 Å². The van der Waals surface area contributed by atoms with Crippen LogP contribution in [0.1, 0.15) is 13.8 Å². The van der Waals surface area contributed by atoms with Gasteiger partial charge in [-0.05, 0) is 44.3 Å². The summed E-state index contributed by atoms with van der Waals surface area (Å²) >= 11 is 16.8. The van der Waals surface area contributed by atoms with Gasteiger partial charge in [-0.3, -0.25) is 0 Å². The Labute approximate surface area is 105 Å². The van der Waals surface area contributed by atoms with Crippen molar-refractivity contribution in [1.29, 1.82) is 0 Å². The molecule has 0 bridgehead atoms. The van der Waals surface area contributed by atoms with Crippen molar-refractivity contribution < 1.29 is 0 Å². The van der Waals surface area contributed by atoms with E-state index in [9.17, 15) is 0 Å². The van der Waals surface area contributed by atoms with Crippen LogP contribution >= 0.6 is 35.4 Å². The van der Waals surface area contributed by atoms with Gasteiger partial charge < -0.3 is 10.6 Å². The third-order valence-corrected chi connectivity index (χ3v) is 2.37. The fourth-order valence-electron chi connectivity index (χ4n) is 1.01. The maximum absolute atomic E-state index is 5.98. The third-order valence-electron chi connectivity index (χ3n) is 1.60. The largest absolute Gasteiger partial charge is 0.360 e. The Morgan fingerprint density at radius 3 is 2.53 bits per heavy atom. The summed E-state index contributed by atoms with van der Waals surface area (Å²) in [5.41, 5.74) is 0.749. The molecule has 0 aliphatic rings. The summed E-state index contributed by atoms with van der Waals surface area (Å²) in [6, 6.07) is 5.51. The average Bonchev–Trinajstić information content (AvgIpc) is 2.08. The van der Waals surface area contributed by atoms with Crippen molar-refractivity contribution in [2.24, 2.45) is 0 Å². The van der Waals surface area contributed by atoms with Crippen molar-refractivity contribution >= 4 is 46.2 Å². The summed E-state index contributed by atoms with van der Waals surface area (Å²) in [5.74, 6) is 0. The van der Waals surface area contributed by atoms with Crippen molar-refractivity contribution in [3.8, 4) is 0 Å². The number of nitrogens with one attached hydrogen (secondary N) is 2. The van der Waals surface area contributed by atoms with Crippen molar-refractivity contribution in [2.45, 2.75) is 19.9 Å². The Morgan fingerprint density at radius 1 is 1.33 bits per heavy atom. The van der Waals surface area contributed by atoms with Crippen LogP contribution in [0.5, 0.6) is 0 Å². The predicted molar refractivity (Wildman–Crippen MR) is 71.0 cm³/mol. The second-order valence-corrected chi connectivity index (χ2v) is 4.63. The molecule has 0 radical (unpaired) electrons. The average molecular weight is 263 g/mol. The maximum atomic E-state index is 5.98. The van der Waals surface area contributed by atoms with Crippen LogP contribution in [0.3, 0.4) is 0 Å². The predicted octanol–water partition coefficient (Wildman–Crippen LogP) is 3.69. The van der Waals surface area contributed by atoms with Crippen molar-refractivity contribution in [2.75, 3.05) is 5.32 Å².